The molecule has 2 rings (SSSR count). The summed E-state index contributed by atoms with van der Waals surface area (Å²) in [6.45, 7) is 0. The minimum atomic E-state index is -0.529. The molecule has 2 N–H and O–H groups in total. The Labute approximate surface area is 116 Å². The van der Waals surface area contributed by atoms with Gasteiger partial charge >= 0.3 is 5.97 Å². The van der Waals surface area contributed by atoms with Crippen LogP contribution in [0.3, 0.4) is 0 Å². The van der Waals surface area contributed by atoms with Crippen molar-refractivity contribution in [1.82, 2.24) is 0 Å². The van der Waals surface area contributed by atoms with Gasteiger partial charge in [-0.3, -0.25) is 0 Å². The van der Waals surface area contributed by atoms with Crippen LogP contribution in [-0.4, -0.2) is 20.2 Å². The summed E-state index contributed by atoms with van der Waals surface area (Å²) < 4.78 is 15.5. The number of nitrogens with two attached hydrogens (primary N) is 1. The first kappa shape index (κ1) is 13.7. The number of methoxy groups -OCH3 is 2. The Hall–Kier alpha value is -2.69. The van der Waals surface area contributed by atoms with Gasteiger partial charge in [-0.05, 0) is 12.1 Å². The first-order chi connectivity index (χ1) is 9.63. The fourth-order valence-corrected chi connectivity index (χ4v) is 1.69. The molecule has 2 aromatic carbocycles. The third kappa shape index (κ3) is 3.00. The Kier molecular flexibility index (Phi) is 4.10. The molecule has 0 radical (unpaired) electrons. The van der Waals surface area contributed by atoms with E-state index in [1.54, 1.807) is 42.5 Å². The standard InChI is InChI=1S/C15H15NO4/c1-18-10-7-11(19-2)9-12(8-10)20-15(17)13-5-3-4-6-14(13)16/h3-9H,16H2,1-2H3. The van der Waals surface area contributed by atoms with Crippen molar-refractivity contribution < 1.29 is 19.0 Å². The van der Waals surface area contributed by atoms with Gasteiger partial charge in [-0.15, -0.1) is 0 Å². The number of hydrogen-bond acceptors (Lipinski definition) is 5. The Morgan fingerprint density at radius 1 is 0.950 bits per heavy atom. The van der Waals surface area contributed by atoms with E-state index in [0.717, 1.165) is 0 Å². The number of esters is 1. The molecule has 0 atom stereocenters. The van der Waals surface area contributed by atoms with Crippen molar-refractivity contribution in [2.45, 2.75) is 0 Å². The smallest absolute Gasteiger partial charge is 0.345 e. The van der Waals surface area contributed by atoms with Crippen LogP contribution >= 0.6 is 0 Å². The average molecular weight is 273 g/mol. The van der Waals surface area contributed by atoms with Gasteiger partial charge in [0.2, 0.25) is 0 Å². The lowest BCUT2D eigenvalue weighted by Crippen LogP contribution is -2.11. The van der Waals surface area contributed by atoms with E-state index in [4.69, 9.17) is 19.9 Å². The van der Waals surface area contributed by atoms with E-state index in [2.05, 4.69) is 0 Å². The largest absolute Gasteiger partial charge is 0.496 e. The maximum atomic E-state index is 12.1. The quantitative estimate of drug-likeness (QED) is 0.526. The Morgan fingerprint density at radius 3 is 2.05 bits per heavy atom. The minimum Gasteiger partial charge on any atom is -0.496 e. The van der Waals surface area contributed by atoms with Crippen molar-refractivity contribution >= 4 is 11.7 Å². The fraction of sp³-hybridized carbons (Fsp3) is 0.133. The molecular formula is C15H15NO4. The molecule has 0 fully saturated rings. The summed E-state index contributed by atoms with van der Waals surface area (Å²) in [5, 5.41) is 0. The molecule has 0 unspecified atom stereocenters. The van der Waals surface area contributed by atoms with Gasteiger partial charge in [0.15, 0.2) is 0 Å². The Balaban J connectivity index is 2.26. The highest BCUT2D eigenvalue weighted by Gasteiger charge is 2.13. The van der Waals surface area contributed by atoms with Crippen LogP contribution in [0.2, 0.25) is 0 Å². The predicted octanol–water partition coefficient (Wildman–Crippen LogP) is 2.51. The molecule has 0 bridgehead atoms. The van der Waals surface area contributed by atoms with Crippen LogP contribution in [0.1, 0.15) is 10.4 Å². The summed E-state index contributed by atoms with van der Waals surface area (Å²) in [7, 11) is 3.05. The zero-order valence-corrected chi connectivity index (χ0v) is 11.3. The van der Waals surface area contributed by atoms with Crippen molar-refractivity contribution in [3.8, 4) is 17.2 Å². The van der Waals surface area contributed by atoms with Gasteiger partial charge in [-0.2, -0.15) is 0 Å². The van der Waals surface area contributed by atoms with Gasteiger partial charge in [-0.1, -0.05) is 12.1 Å². The van der Waals surface area contributed by atoms with E-state index in [1.807, 2.05) is 0 Å². The van der Waals surface area contributed by atoms with Crippen molar-refractivity contribution in [1.29, 1.82) is 0 Å². The number of anilines is 1. The third-order valence-electron chi connectivity index (χ3n) is 2.72. The summed E-state index contributed by atoms with van der Waals surface area (Å²) in [5.41, 5.74) is 6.42. The molecule has 5 heteroatoms. The van der Waals surface area contributed by atoms with Crippen LogP contribution in [0.25, 0.3) is 0 Å². The molecule has 20 heavy (non-hydrogen) atoms. The monoisotopic (exact) mass is 273 g/mol. The first-order valence-electron chi connectivity index (χ1n) is 5.94. The van der Waals surface area contributed by atoms with Gasteiger partial charge in [0, 0.05) is 23.9 Å². The molecule has 0 heterocycles. The number of rotatable bonds is 4. The van der Waals surface area contributed by atoms with Gasteiger partial charge in [0.1, 0.15) is 17.2 Å². The number of nitrogen functional groups attached to an aromatic ring is 1. The molecule has 0 spiro atoms. The zero-order chi connectivity index (χ0) is 14.5. The topological polar surface area (TPSA) is 70.8 Å². The highest BCUT2D eigenvalue weighted by molar-refractivity contribution is 5.96. The average Bonchev–Trinajstić information content (AvgIpc) is 2.47. The maximum absolute atomic E-state index is 12.1. The second kappa shape index (κ2) is 5.97. The van der Waals surface area contributed by atoms with Crippen molar-refractivity contribution in [2.75, 3.05) is 20.0 Å². The molecule has 0 aromatic heterocycles. The van der Waals surface area contributed by atoms with E-state index < -0.39 is 5.97 Å². The van der Waals surface area contributed by atoms with Crippen LogP contribution in [0.5, 0.6) is 17.2 Å². The third-order valence-corrected chi connectivity index (χ3v) is 2.72. The number of ether oxygens (including phenoxy) is 3. The molecule has 0 aliphatic carbocycles. The highest BCUT2D eigenvalue weighted by Crippen LogP contribution is 2.28. The number of carbonyl (C=O) groups excluding carboxylic acids is 1. The predicted molar refractivity (Wildman–Crippen MR) is 75.4 cm³/mol. The number of hydrogen-bond donors (Lipinski definition) is 1. The molecule has 0 amide bonds. The van der Waals surface area contributed by atoms with Crippen molar-refractivity contribution in [2.24, 2.45) is 0 Å². The van der Waals surface area contributed by atoms with Crippen LogP contribution in [0, 0.1) is 0 Å². The second-order valence-corrected chi connectivity index (χ2v) is 4.03. The lowest BCUT2D eigenvalue weighted by molar-refractivity contribution is 0.0735. The van der Waals surface area contributed by atoms with Gasteiger partial charge < -0.3 is 19.9 Å². The molecule has 0 saturated carbocycles. The lowest BCUT2D eigenvalue weighted by Gasteiger charge is -2.09. The maximum Gasteiger partial charge on any atom is 0.345 e. The van der Waals surface area contributed by atoms with E-state index in [9.17, 15) is 4.79 Å². The van der Waals surface area contributed by atoms with Crippen LogP contribution in [-0.2, 0) is 0 Å². The summed E-state index contributed by atoms with van der Waals surface area (Å²) in [4.78, 5) is 12.1. The molecule has 0 aliphatic heterocycles. The molecule has 104 valence electrons. The van der Waals surface area contributed by atoms with Crippen molar-refractivity contribution in [3.63, 3.8) is 0 Å². The van der Waals surface area contributed by atoms with Crippen LogP contribution in [0.15, 0.2) is 42.5 Å². The summed E-state index contributed by atoms with van der Waals surface area (Å²) in [6.07, 6.45) is 0. The minimum absolute atomic E-state index is 0.314. The SMILES string of the molecule is COc1cc(OC)cc(OC(=O)c2ccccc2N)c1. The number of benzene rings is 2. The Bertz CT molecular complexity index is 603. The molecule has 2 aromatic rings. The van der Waals surface area contributed by atoms with E-state index in [1.165, 1.54) is 14.2 Å². The zero-order valence-electron chi connectivity index (χ0n) is 11.3. The first-order valence-corrected chi connectivity index (χ1v) is 5.94. The van der Waals surface area contributed by atoms with Crippen molar-refractivity contribution in [3.05, 3.63) is 48.0 Å². The highest BCUT2D eigenvalue weighted by atomic mass is 16.5. The van der Waals surface area contributed by atoms with Gasteiger partial charge in [0.25, 0.3) is 0 Å². The molecule has 0 aliphatic rings. The fourth-order valence-electron chi connectivity index (χ4n) is 1.69. The normalized spacial score (nSPS) is 9.90. The lowest BCUT2D eigenvalue weighted by atomic mass is 10.2. The molecule has 0 saturated heterocycles. The molecule has 5 nitrogen and oxygen atoms in total. The van der Waals surface area contributed by atoms with E-state index in [-0.39, 0.29) is 0 Å². The number of carbonyl (C=O) groups is 1. The van der Waals surface area contributed by atoms with Gasteiger partial charge in [-0.25, -0.2) is 4.79 Å². The summed E-state index contributed by atoms with van der Waals surface area (Å²) >= 11 is 0. The van der Waals surface area contributed by atoms with E-state index in [0.29, 0.717) is 28.5 Å². The van der Waals surface area contributed by atoms with E-state index >= 15 is 0 Å². The summed E-state index contributed by atoms with van der Waals surface area (Å²) in [5.74, 6) is 0.870. The van der Waals surface area contributed by atoms with Crippen LogP contribution in [0.4, 0.5) is 5.69 Å². The Morgan fingerprint density at radius 2 is 1.50 bits per heavy atom. The second-order valence-electron chi connectivity index (χ2n) is 4.03. The number of para-hydroxylation sites is 1. The molecular weight excluding hydrogens is 258 g/mol. The van der Waals surface area contributed by atoms with Gasteiger partial charge in [0.05, 0.1) is 19.8 Å². The van der Waals surface area contributed by atoms with Crippen LogP contribution < -0.4 is 19.9 Å². The summed E-state index contributed by atoms with van der Waals surface area (Å²) in [6, 6.07) is 11.6.